The molecular weight excluding hydrogens is 280 g/mol. The number of nitrogens with two attached hydrogens (primary N) is 1. The van der Waals surface area contributed by atoms with Gasteiger partial charge in [0, 0.05) is 18.5 Å². The van der Waals surface area contributed by atoms with Gasteiger partial charge in [-0.25, -0.2) is 0 Å². The lowest BCUT2D eigenvalue weighted by Gasteiger charge is -2.25. The number of amides is 1. The number of hydrogen-bond donors (Lipinski definition) is 2. The molecule has 0 spiro atoms. The highest BCUT2D eigenvalue weighted by molar-refractivity contribution is 6.32. The molecule has 0 bridgehead atoms. The summed E-state index contributed by atoms with van der Waals surface area (Å²) in [5.74, 6) is 0.742. The van der Waals surface area contributed by atoms with Crippen molar-refractivity contribution in [2.45, 2.75) is 32.4 Å². The van der Waals surface area contributed by atoms with Gasteiger partial charge < -0.3 is 20.5 Å². The molecular formula is C14H21ClN2O3. The standard InChI is InChI=1S/C14H21ClN2O3/c1-14(2,7-12(16)18)17-8-9-5-10(15)13(20-4)11(6-9)19-3/h5-6,17H,7-8H2,1-4H3,(H2,16,18). The molecule has 5 nitrogen and oxygen atoms in total. The average molecular weight is 301 g/mol. The molecule has 112 valence electrons. The number of primary amides is 1. The van der Waals surface area contributed by atoms with Crippen molar-refractivity contribution in [2.24, 2.45) is 5.73 Å². The third kappa shape index (κ3) is 4.58. The Morgan fingerprint density at radius 1 is 1.35 bits per heavy atom. The molecule has 1 rings (SSSR count). The molecule has 3 N–H and O–H groups in total. The molecule has 6 heteroatoms. The second-order valence-corrected chi connectivity index (χ2v) is 5.60. The normalized spacial score (nSPS) is 11.2. The summed E-state index contributed by atoms with van der Waals surface area (Å²) in [6, 6.07) is 3.65. The Hall–Kier alpha value is -1.46. The number of carbonyl (C=O) groups is 1. The summed E-state index contributed by atoms with van der Waals surface area (Å²) >= 11 is 6.14. The third-order valence-corrected chi connectivity index (χ3v) is 3.16. The molecule has 0 aromatic heterocycles. The maximum atomic E-state index is 11.0. The first-order chi connectivity index (χ1) is 9.29. The van der Waals surface area contributed by atoms with Crippen molar-refractivity contribution in [1.29, 1.82) is 0 Å². The van der Waals surface area contributed by atoms with Crippen LogP contribution in [0, 0.1) is 0 Å². The van der Waals surface area contributed by atoms with Crippen molar-refractivity contribution in [3.05, 3.63) is 22.7 Å². The summed E-state index contributed by atoms with van der Waals surface area (Å²) < 4.78 is 10.4. The van der Waals surface area contributed by atoms with Crippen molar-refractivity contribution in [3.63, 3.8) is 0 Å². The minimum Gasteiger partial charge on any atom is -0.493 e. The predicted octanol–water partition coefficient (Wildman–Crippen LogP) is 2.10. The van der Waals surface area contributed by atoms with Gasteiger partial charge in [-0.2, -0.15) is 0 Å². The second kappa shape index (κ2) is 6.81. The van der Waals surface area contributed by atoms with Gasteiger partial charge in [0.05, 0.1) is 19.2 Å². The molecule has 0 fully saturated rings. The highest BCUT2D eigenvalue weighted by Gasteiger charge is 2.20. The molecule has 1 aromatic carbocycles. The number of hydrogen-bond acceptors (Lipinski definition) is 4. The van der Waals surface area contributed by atoms with E-state index >= 15 is 0 Å². The van der Waals surface area contributed by atoms with Crippen molar-refractivity contribution >= 4 is 17.5 Å². The summed E-state index contributed by atoms with van der Waals surface area (Å²) in [7, 11) is 3.10. The lowest BCUT2D eigenvalue weighted by atomic mass is 10.00. The number of ether oxygens (including phenoxy) is 2. The van der Waals surface area contributed by atoms with E-state index in [4.69, 9.17) is 26.8 Å². The van der Waals surface area contributed by atoms with Gasteiger partial charge in [-0.15, -0.1) is 0 Å². The van der Waals surface area contributed by atoms with Gasteiger partial charge in [0.15, 0.2) is 11.5 Å². The van der Waals surface area contributed by atoms with E-state index < -0.39 is 0 Å². The van der Waals surface area contributed by atoms with Crippen LogP contribution < -0.4 is 20.5 Å². The minimum absolute atomic E-state index is 0.258. The number of rotatable bonds is 7. The summed E-state index contributed by atoms with van der Waals surface area (Å²) in [6.45, 7) is 4.38. The minimum atomic E-state index is -0.383. The molecule has 0 radical (unpaired) electrons. The molecule has 0 aliphatic heterocycles. The maximum Gasteiger partial charge on any atom is 0.219 e. The number of nitrogens with one attached hydrogen (secondary N) is 1. The molecule has 0 atom stereocenters. The van der Waals surface area contributed by atoms with Crippen LogP contribution in [0.5, 0.6) is 11.5 Å². The molecule has 0 saturated carbocycles. The lowest BCUT2D eigenvalue weighted by Crippen LogP contribution is -2.42. The lowest BCUT2D eigenvalue weighted by molar-refractivity contribution is -0.119. The zero-order valence-corrected chi connectivity index (χ0v) is 13.0. The van der Waals surface area contributed by atoms with Crippen molar-refractivity contribution in [2.75, 3.05) is 14.2 Å². The van der Waals surface area contributed by atoms with E-state index in [1.807, 2.05) is 19.9 Å². The fourth-order valence-corrected chi connectivity index (χ4v) is 2.22. The number of carbonyl (C=O) groups excluding carboxylic acids is 1. The monoisotopic (exact) mass is 300 g/mol. The Bertz CT molecular complexity index is 490. The van der Waals surface area contributed by atoms with Gasteiger partial charge >= 0.3 is 0 Å². The molecule has 20 heavy (non-hydrogen) atoms. The van der Waals surface area contributed by atoms with Crippen LogP contribution in [0.25, 0.3) is 0 Å². The summed E-state index contributed by atoms with van der Waals surface area (Å²) in [4.78, 5) is 11.0. The number of methoxy groups -OCH3 is 2. The largest absolute Gasteiger partial charge is 0.493 e. The van der Waals surface area contributed by atoms with E-state index in [0.29, 0.717) is 23.1 Å². The Kier molecular flexibility index (Phi) is 5.65. The Balaban J connectivity index is 2.83. The first-order valence-electron chi connectivity index (χ1n) is 6.23. The summed E-state index contributed by atoms with van der Waals surface area (Å²) in [6.07, 6.45) is 0.258. The van der Waals surface area contributed by atoms with Gasteiger partial charge in [0.1, 0.15) is 0 Å². The van der Waals surface area contributed by atoms with Crippen LogP contribution in [0.2, 0.25) is 5.02 Å². The molecule has 0 saturated heterocycles. The fourth-order valence-electron chi connectivity index (χ4n) is 1.91. The van der Waals surface area contributed by atoms with Crippen molar-refractivity contribution in [3.8, 4) is 11.5 Å². The van der Waals surface area contributed by atoms with E-state index in [-0.39, 0.29) is 17.9 Å². The number of halogens is 1. The van der Waals surface area contributed by atoms with Crippen molar-refractivity contribution < 1.29 is 14.3 Å². The highest BCUT2D eigenvalue weighted by atomic mass is 35.5. The van der Waals surface area contributed by atoms with Gasteiger partial charge in [-0.3, -0.25) is 4.79 Å². The average Bonchev–Trinajstić information content (AvgIpc) is 2.34. The zero-order chi connectivity index (χ0) is 15.3. The molecule has 1 amide bonds. The Morgan fingerprint density at radius 3 is 2.50 bits per heavy atom. The molecule has 0 heterocycles. The molecule has 0 aliphatic carbocycles. The van der Waals surface area contributed by atoms with E-state index in [1.165, 1.54) is 7.11 Å². The van der Waals surface area contributed by atoms with Gasteiger partial charge in [0.2, 0.25) is 5.91 Å². The van der Waals surface area contributed by atoms with Crippen LogP contribution in [0.3, 0.4) is 0 Å². The van der Waals surface area contributed by atoms with E-state index in [2.05, 4.69) is 5.32 Å². The van der Waals surface area contributed by atoms with Crippen LogP contribution in [0.1, 0.15) is 25.8 Å². The highest BCUT2D eigenvalue weighted by Crippen LogP contribution is 2.36. The van der Waals surface area contributed by atoms with Gasteiger partial charge in [-0.1, -0.05) is 11.6 Å². The van der Waals surface area contributed by atoms with Crippen molar-refractivity contribution in [1.82, 2.24) is 5.32 Å². The van der Waals surface area contributed by atoms with Crippen LogP contribution in [0.4, 0.5) is 0 Å². The van der Waals surface area contributed by atoms with Crippen LogP contribution >= 0.6 is 11.6 Å². The maximum absolute atomic E-state index is 11.0. The van der Waals surface area contributed by atoms with E-state index in [0.717, 1.165) is 5.56 Å². The fraction of sp³-hybridized carbons (Fsp3) is 0.500. The van der Waals surface area contributed by atoms with Crippen LogP contribution in [-0.2, 0) is 11.3 Å². The first-order valence-corrected chi connectivity index (χ1v) is 6.60. The van der Waals surface area contributed by atoms with Gasteiger partial charge in [-0.05, 0) is 31.5 Å². The quantitative estimate of drug-likeness (QED) is 0.809. The second-order valence-electron chi connectivity index (χ2n) is 5.19. The Labute approximate surface area is 124 Å². The topological polar surface area (TPSA) is 73.6 Å². The smallest absolute Gasteiger partial charge is 0.219 e. The van der Waals surface area contributed by atoms with E-state index in [9.17, 15) is 4.79 Å². The van der Waals surface area contributed by atoms with E-state index in [1.54, 1.807) is 13.2 Å². The van der Waals surface area contributed by atoms with Gasteiger partial charge in [0.25, 0.3) is 0 Å². The van der Waals surface area contributed by atoms with Crippen LogP contribution in [0.15, 0.2) is 12.1 Å². The zero-order valence-electron chi connectivity index (χ0n) is 12.2. The molecule has 0 unspecified atom stereocenters. The molecule has 0 aliphatic rings. The third-order valence-electron chi connectivity index (χ3n) is 2.88. The SMILES string of the molecule is COc1cc(CNC(C)(C)CC(N)=O)cc(Cl)c1OC. The van der Waals surface area contributed by atoms with Crippen LogP contribution in [-0.4, -0.2) is 25.7 Å². The summed E-state index contributed by atoms with van der Waals surface area (Å²) in [5.41, 5.74) is 5.77. The summed E-state index contributed by atoms with van der Waals surface area (Å²) in [5, 5.41) is 3.75. The Morgan fingerprint density at radius 2 is 2.00 bits per heavy atom. The predicted molar refractivity (Wildman–Crippen MR) is 79.3 cm³/mol. The first kappa shape index (κ1) is 16.6. The molecule has 1 aromatic rings. The number of benzene rings is 1.